The van der Waals surface area contributed by atoms with E-state index in [4.69, 9.17) is 14.2 Å². The van der Waals surface area contributed by atoms with Crippen molar-refractivity contribution in [2.75, 3.05) is 20.3 Å². The molecule has 1 aliphatic heterocycles. The summed E-state index contributed by atoms with van der Waals surface area (Å²) in [5, 5.41) is 1.01. The summed E-state index contributed by atoms with van der Waals surface area (Å²) in [5.41, 5.74) is 2.13. The van der Waals surface area contributed by atoms with Gasteiger partial charge in [-0.3, -0.25) is 4.79 Å². The van der Waals surface area contributed by atoms with Crippen LogP contribution in [0, 0.1) is 18.7 Å². The normalized spacial score (nSPS) is 15.7. The molecule has 1 N–H and O–H groups in total. The lowest BCUT2D eigenvalue weighted by atomic mass is 10.1. The number of fused-ring (bicyclic) bond motifs is 2. The number of likely N-dealkylation sites (tertiary alicyclic amines) is 1. The molecule has 0 radical (unpaired) electrons. The largest absolute Gasteiger partial charge is 0.493 e. The highest BCUT2D eigenvalue weighted by Crippen LogP contribution is 2.38. The van der Waals surface area contributed by atoms with Crippen LogP contribution >= 0.6 is 0 Å². The zero-order valence-electron chi connectivity index (χ0n) is 20.8. The second-order valence-corrected chi connectivity index (χ2v) is 9.39. The predicted molar refractivity (Wildman–Crippen MR) is 134 cm³/mol. The van der Waals surface area contributed by atoms with E-state index in [-0.39, 0.29) is 29.5 Å². The number of rotatable bonds is 7. The van der Waals surface area contributed by atoms with E-state index in [9.17, 15) is 4.79 Å². The first kappa shape index (κ1) is 23.8. The number of hydrogen-bond acceptors (Lipinski definition) is 6. The molecule has 3 heterocycles. The molecule has 2 aromatic heterocycles. The first-order chi connectivity index (χ1) is 17.4. The Morgan fingerprint density at radius 1 is 1.17 bits per heavy atom. The number of carbonyl (C=O) groups excluding carboxylic acids is 1. The molecule has 0 bridgehead atoms. The number of amides is 1. The third-order valence-corrected chi connectivity index (χ3v) is 6.51. The second kappa shape index (κ2) is 9.64. The monoisotopic (exact) mass is 492 g/mol. The SMILES string of the molecule is COc1cc2c(Oc3ccc4[nH]c(C)cc4c3F)ncnc2cc1OC[C@@H]1CCCN1C(=O)C(C)C. The number of H-pyrrole nitrogens is 1. The molecule has 1 aliphatic rings. The number of methoxy groups -OCH3 is 1. The molecule has 0 saturated carbocycles. The number of benzene rings is 2. The first-order valence-electron chi connectivity index (χ1n) is 12.1. The smallest absolute Gasteiger partial charge is 0.230 e. The Morgan fingerprint density at radius 2 is 2.00 bits per heavy atom. The standard InChI is InChI=1S/C27H29FN4O4/c1-15(2)27(33)32-9-5-6-17(32)13-35-24-12-21-19(11-23(24)34-4)26(30-14-29-21)36-22-8-7-20-18(25(22)28)10-16(3)31-20/h7-8,10-12,14-15,17,31H,5-6,9,13H2,1-4H3/t17-/m0/s1. The van der Waals surface area contributed by atoms with Crippen LogP contribution in [0.25, 0.3) is 21.8 Å². The molecule has 0 aliphatic carbocycles. The van der Waals surface area contributed by atoms with Gasteiger partial charge >= 0.3 is 0 Å². The van der Waals surface area contributed by atoms with Gasteiger partial charge in [0.1, 0.15) is 12.9 Å². The minimum atomic E-state index is -0.465. The second-order valence-electron chi connectivity index (χ2n) is 9.39. The molecule has 1 amide bonds. The van der Waals surface area contributed by atoms with Crippen LogP contribution in [0.4, 0.5) is 4.39 Å². The minimum absolute atomic E-state index is 0.0135. The van der Waals surface area contributed by atoms with Crippen molar-refractivity contribution in [2.45, 2.75) is 39.7 Å². The van der Waals surface area contributed by atoms with E-state index in [0.717, 1.165) is 25.1 Å². The van der Waals surface area contributed by atoms with E-state index in [1.165, 1.54) is 6.33 Å². The quantitative estimate of drug-likeness (QED) is 0.372. The van der Waals surface area contributed by atoms with Crippen molar-refractivity contribution in [3.63, 3.8) is 0 Å². The van der Waals surface area contributed by atoms with Gasteiger partial charge in [0, 0.05) is 35.1 Å². The molecule has 2 aromatic carbocycles. The topological polar surface area (TPSA) is 89.6 Å². The number of halogens is 1. The summed E-state index contributed by atoms with van der Waals surface area (Å²) in [6.45, 7) is 6.80. The summed E-state index contributed by atoms with van der Waals surface area (Å²) < 4.78 is 32.7. The molecule has 9 heteroatoms. The highest BCUT2D eigenvalue weighted by atomic mass is 19.1. The molecule has 1 atom stereocenters. The van der Waals surface area contributed by atoms with Crippen molar-refractivity contribution < 1.29 is 23.4 Å². The molecule has 0 spiro atoms. The lowest BCUT2D eigenvalue weighted by molar-refractivity contribution is -0.135. The highest BCUT2D eigenvalue weighted by Gasteiger charge is 2.30. The van der Waals surface area contributed by atoms with Gasteiger partial charge in [-0.15, -0.1) is 0 Å². The van der Waals surface area contributed by atoms with Crippen LogP contribution in [0.5, 0.6) is 23.1 Å². The minimum Gasteiger partial charge on any atom is -0.493 e. The van der Waals surface area contributed by atoms with Gasteiger partial charge in [-0.2, -0.15) is 0 Å². The van der Waals surface area contributed by atoms with Crippen LogP contribution in [-0.2, 0) is 4.79 Å². The van der Waals surface area contributed by atoms with Crippen molar-refractivity contribution >= 4 is 27.7 Å². The van der Waals surface area contributed by atoms with Crippen molar-refractivity contribution in [1.82, 2.24) is 19.9 Å². The summed E-state index contributed by atoms with van der Waals surface area (Å²) in [6.07, 6.45) is 3.22. The third-order valence-electron chi connectivity index (χ3n) is 6.51. The van der Waals surface area contributed by atoms with Crippen LogP contribution in [0.1, 0.15) is 32.4 Å². The van der Waals surface area contributed by atoms with E-state index in [0.29, 0.717) is 39.9 Å². The molecule has 5 rings (SSSR count). The van der Waals surface area contributed by atoms with Crippen LogP contribution < -0.4 is 14.2 Å². The molecular weight excluding hydrogens is 463 g/mol. The number of nitrogens with zero attached hydrogens (tertiary/aromatic N) is 3. The Hall–Kier alpha value is -3.88. The van der Waals surface area contributed by atoms with Crippen LogP contribution in [-0.4, -0.2) is 52.1 Å². The van der Waals surface area contributed by atoms with Gasteiger partial charge in [0.05, 0.1) is 24.1 Å². The maximum Gasteiger partial charge on any atom is 0.230 e. The molecule has 36 heavy (non-hydrogen) atoms. The van der Waals surface area contributed by atoms with E-state index in [1.807, 2.05) is 25.7 Å². The molecule has 8 nitrogen and oxygen atoms in total. The maximum absolute atomic E-state index is 15.1. The highest BCUT2D eigenvalue weighted by molar-refractivity contribution is 5.87. The predicted octanol–water partition coefficient (Wildman–Crippen LogP) is 5.39. The van der Waals surface area contributed by atoms with Crippen LogP contribution in [0.2, 0.25) is 0 Å². The number of hydrogen-bond donors (Lipinski definition) is 1. The van der Waals surface area contributed by atoms with E-state index in [2.05, 4.69) is 15.0 Å². The fourth-order valence-corrected chi connectivity index (χ4v) is 4.68. The number of aromatic nitrogens is 3. The number of nitrogens with one attached hydrogen (secondary N) is 1. The van der Waals surface area contributed by atoms with Crippen molar-refractivity contribution in [3.8, 4) is 23.1 Å². The van der Waals surface area contributed by atoms with Gasteiger partial charge in [-0.1, -0.05) is 13.8 Å². The fraction of sp³-hybridized carbons (Fsp3) is 0.370. The molecule has 0 unspecified atom stereocenters. The Labute approximate surface area is 208 Å². The van der Waals surface area contributed by atoms with E-state index < -0.39 is 5.82 Å². The average molecular weight is 493 g/mol. The summed E-state index contributed by atoms with van der Waals surface area (Å²) in [7, 11) is 1.55. The average Bonchev–Trinajstić information content (AvgIpc) is 3.49. The Kier molecular flexibility index (Phi) is 6.38. The lowest BCUT2D eigenvalue weighted by Crippen LogP contribution is -2.41. The van der Waals surface area contributed by atoms with Crippen molar-refractivity contribution in [2.24, 2.45) is 5.92 Å². The molecular formula is C27H29FN4O4. The lowest BCUT2D eigenvalue weighted by Gasteiger charge is -2.26. The van der Waals surface area contributed by atoms with E-state index in [1.54, 1.807) is 37.4 Å². The number of aromatic amines is 1. The number of ether oxygens (including phenoxy) is 3. The summed E-state index contributed by atoms with van der Waals surface area (Å²) >= 11 is 0. The van der Waals surface area contributed by atoms with E-state index >= 15 is 4.39 Å². The Balaban J connectivity index is 1.42. The van der Waals surface area contributed by atoms with Crippen molar-refractivity contribution in [3.05, 3.63) is 48.2 Å². The molecule has 1 fully saturated rings. The van der Waals surface area contributed by atoms with Gasteiger partial charge in [-0.25, -0.2) is 14.4 Å². The Morgan fingerprint density at radius 3 is 2.78 bits per heavy atom. The maximum atomic E-state index is 15.1. The summed E-state index contributed by atoms with van der Waals surface area (Å²) in [6, 6.07) is 8.57. The molecule has 1 saturated heterocycles. The molecule has 4 aromatic rings. The first-order valence-corrected chi connectivity index (χ1v) is 12.1. The fourth-order valence-electron chi connectivity index (χ4n) is 4.68. The zero-order chi connectivity index (χ0) is 25.4. The van der Waals surface area contributed by atoms with Gasteiger partial charge < -0.3 is 24.1 Å². The zero-order valence-corrected chi connectivity index (χ0v) is 20.8. The number of aryl methyl sites for hydroxylation is 1. The van der Waals surface area contributed by atoms with Gasteiger partial charge in [0.25, 0.3) is 0 Å². The van der Waals surface area contributed by atoms with Gasteiger partial charge in [0.2, 0.25) is 11.8 Å². The van der Waals surface area contributed by atoms with Crippen LogP contribution in [0.3, 0.4) is 0 Å². The summed E-state index contributed by atoms with van der Waals surface area (Å²) in [5.74, 6) is 0.876. The summed E-state index contributed by atoms with van der Waals surface area (Å²) in [4.78, 5) is 26.1. The Bertz CT molecular complexity index is 1430. The number of carbonyl (C=O) groups is 1. The van der Waals surface area contributed by atoms with Gasteiger partial charge in [0.15, 0.2) is 23.1 Å². The molecule has 188 valence electrons. The van der Waals surface area contributed by atoms with Crippen LogP contribution in [0.15, 0.2) is 36.7 Å². The third kappa shape index (κ3) is 4.41. The van der Waals surface area contributed by atoms with Crippen molar-refractivity contribution in [1.29, 1.82) is 0 Å². The van der Waals surface area contributed by atoms with Gasteiger partial charge in [-0.05, 0) is 44.0 Å².